The molecule has 2 amide bonds. The Morgan fingerprint density at radius 2 is 1.76 bits per heavy atom. The van der Waals surface area contributed by atoms with Crippen molar-refractivity contribution < 1.29 is 9.59 Å². The summed E-state index contributed by atoms with van der Waals surface area (Å²) in [4.78, 5) is 27.9. The third-order valence-corrected chi connectivity index (χ3v) is 7.97. The van der Waals surface area contributed by atoms with Gasteiger partial charge in [-0.05, 0) is 49.1 Å². The Hall–Kier alpha value is -1.40. The van der Waals surface area contributed by atoms with Crippen LogP contribution in [-0.4, -0.2) is 34.6 Å². The number of rotatable bonds is 9. The lowest BCUT2D eigenvalue weighted by molar-refractivity contribution is -0.139. The molecular formula is C25H29Cl3N2O2S. The van der Waals surface area contributed by atoms with E-state index in [1.165, 1.54) is 18.2 Å². The molecule has 2 aromatic rings. The predicted molar refractivity (Wildman–Crippen MR) is 139 cm³/mol. The quantitative estimate of drug-likeness (QED) is 0.392. The lowest BCUT2D eigenvalue weighted by Crippen LogP contribution is -2.50. The lowest BCUT2D eigenvalue weighted by Gasteiger charge is -2.31. The Balaban J connectivity index is 1.68. The maximum atomic E-state index is 13.2. The van der Waals surface area contributed by atoms with Gasteiger partial charge in [-0.1, -0.05) is 78.3 Å². The molecule has 0 spiro atoms. The Morgan fingerprint density at radius 1 is 1.03 bits per heavy atom. The van der Waals surface area contributed by atoms with E-state index in [1.807, 2.05) is 30.3 Å². The van der Waals surface area contributed by atoms with Crippen LogP contribution in [0.4, 0.5) is 0 Å². The van der Waals surface area contributed by atoms with Gasteiger partial charge in [0, 0.05) is 23.4 Å². The number of nitrogens with zero attached hydrogens (tertiary/aromatic N) is 1. The largest absolute Gasteiger partial charge is 0.352 e. The van der Waals surface area contributed by atoms with Gasteiger partial charge in [0.25, 0.3) is 0 Å². The molecule has 1 N–H and O–H groups in total. The van der Waals surface area contributed by atoms with Crippen molar-refractivity contribution in [2.45, 2.75) is 63.4 Å². The standard InChI is InChI=1S/C25H29Cl3N2O2S/c1-17(25(32)29-20-8-3-2-4-9-20)30(14-18-11-12-22(27)23(28)13-18)24(31)16-33-15-19-7-5-6-10-21(19)26/h5-7,10-13,17,20H,2-4,8-9,14-16H2,1H3,(H,29,32). The zero-order valence-corrected chi connectivity index (χ0v) is 21.7. The van der Waals surface area contributed by atoms with Crippen molar-refractivity contribution in [2.24, 2.45) is 0 Å². The SMILES string of the molecule is CC(C(=O)NC1CCCCC1)N(Cc1ccc(Cl)c(Cl)c1)C(=O)CSCc1ccccc1Cl. The first kappa shape index (κ1) is 26.2. The normalized spacial score (nSPS) is 15.2. The van der Waals surface area contributed by atoms with Gasteiger partial charge in [-0.25, -0.2) is 0 Å². The molecule has 1 saturated carbocycles. The third kappa shape index (κ3) is 7.81. The van der Waals surface area contributed by atoms with Crippen molar-refractivity contribution >= 4 is 58.4 Å². The van der Waals surface area contributed by atoms with Crippen LogP contribution in [0.1, 0.15) is 50.2 Å². The van der Waals surface area contributed by atoms with Crippen LogP contribution < -0.4 is 5.32 Å². The highest BCUT2D eigenvalue weighted by atomic mass is 35.5. The van der Waals surface area contributed by atoms with Gasteiger partial charge in [0.15, 0.2) is 0 Å². The molecule has 0 saturated heterocycles. The molecule has 1 aliphatic rings. The average Bonchev–Trinajstić information content (AvgIpc) is 2.81. The number of benzene rings is 2. The van der Waals surface area contributed by atoms with E-state index in [0.717, 1.165) is 36.8 Å². The van der Waals surface area contributed by atoms with E-state index in [4.69, 9.17) is 34.8 Å². The summed E-state index contributed by atoms with van der Waals surface area (Å²) in [6.07, 6.45) is 5.46. The highest BCUT2D eigenvalue weighted by molar-refractivity contribution is 7.99. The number of hydrogen-bond acceptors (Lipinski definition) is 3. The highest BCUT2D eigenvalue weighted by Gasteiger charge is 2.28. The molecule has 1 unspecified atom stereocenters. The maximum Gasteiger partial charge on any atom is 0.242 e. The van der Waals surface area contributed by atoms with Crippen molar-refractivity contribution in [1.29, 1.82) is 0 Å². The van der Waals surface area contributed by atoms with Crippen LogP contribution in [0.15, 0.2) is 42.5 Å². The fourth-order valence-corrected chi connectivity index (χ4v) is 5.45. The Bertz CT molecular complexity index is 966. The van der Waals surface area contributed by atoms with Gasteiger partial charge < -0.3 is 10.2 Å². The topological polar surface area (TPSA) is 49.4 Å². The van der Waals surface area contributed by atoms with Crippen molar-refractivity contribution in [2.75, 3.05) is 5.75 Å². The lowest BCUT2D eigenvalue weighted by atomic mass is 9.95. The smallest absolute Gasteiger partial charge is 0.242 e. The van der Waals surface area contributed by atoms with Gasteiger partial charge in [0.1, 0.15) is 6.04 Å². The Morgan fingerprint density at radius 3 is 2.45 bits per heavy atom. The minimum Gasteiger partial charge on any atom is -0.352 e. The molecule has 33 heavy (non-hydrogen) atoms. The van der Waals surface area contributed by atoms with Crippen LogP contribution in [0.25, 0.3) is 0 Å². The van der Waals surface area contributed by atoms with Gasteiger partial charge in [-0.2, -0.15) is 0 Å². The third-order valence-electron chi connectivity index (χ3n) is 5.90. The minimum atomic E-state index is -0.602. The molecule has 0 bridgehead atoms. The summed E-state index contributed by atoms with van der Waals surface area (Å²) in [7, 11) is 0. The van der Waals surface area contributed by atoms with E-state index in [-0.39, 0.29) is 30.2 Å². The summed E-state index contributed by atoms with van der Waals surface area (Å²) in [5, 5.41) is 4.71. The van der Waals surface area contributed by atoms with E-state index in [9.17, 15) is 9.59 Å². The van der Waals surface area contributed by atoms with E-state index >= 15 is 0 Å². The van der Waals surface area contributed by atoms with Crippen LogP contribution in [0.2, 0.25) is 15.1 Å². The molecule has 1 aliphatic carbocycles. The number of nitrogens with one attached hydrogen (secondary N) is 1. The number of hydrogen-bond donors (Lipinski definition) is 1. The number of halogens is 3. The number of thioether (sulfide) groups is 1. The van der Waals surface area contributed by atoms with Crippen molar-refractivity contribution in [3.63, 3.8) is 0 Å². The van der Waals surface area contributed by atoms with E-state index in [2.05, 4.69) is 5.32 Å². The molecule has 0 heterocycles. The zero-order chi connectivity index (χ0) is 23.8. The average molecular weight is 528 g/mol. The van der Waals surface area contributed by atoms with Gasteiger partial charge in [-0.15, -0.1) is 11.8 Å². The van der Waals surface area contributed by atoms with E-state index in [0.29, 0.717) is 20.8 Å². The maximum absolute atomic E-state index is 13.2. The Labute approximate surface area is 215 Å². The second kappa shape index (κ2) is 12.9. The van der Waals surface area contributed by atoms with Crippen LogP contribution in [0.5, 0.6) is 0 Å². The van der Waals surface area contributed by atoms with Gasteiger partial charge in [0.2, 0.25) is 11.8 Å². The van der Waals surface area contributed by atoms with Crippen molar-refractivity contribution in [3.05, 3.63) is 68.7 Å². The van der Waals surface area contributed by atoms with E-state index < -0.39 is 6.04 Å². The first-order valence-corrected chi connectivity index (χ1v) is 13.5. The Kier molecular flexibility index (Phi) is 10.2. The highest BCUT2D eigenvalue weighted by Crippen LogP contribution is 2.25. The van der Waals surface area contributed by atoms with Gasteiger partial charge in [0.05, 0.1) is 15.8 Å². The summed E-state index contributed by atoms with van der Waals surface area (Å²) in [5.41, 5.74) is 1.81. The fourth-order valence-electron chi connectivity index (χ4n) is 3.93. The van der Waals surface area contributed by atoms with Crippen LogP contribution in [-0.2, 0) is 21.9 Å². The molecule has 8 heteroatoms. The molecular weight excluding hydrogens is 499 g/mol. The number of carbonyl (C=O) groups excluding carboxylic acids is 2. The number of carbonyl (C=O) groups is 2. The summed E-state index contributed by atoms with van der Waals surface area (Å²) >= 11 is 20.0. The second-order valence-corrected chi connectivity index (χ2v) is 10.6. The van der Waals surface area contributed by atoms with Gasteiger partial charge >= 0.3 is 0 Å². The second-order valence-electron chi connectivity index (χ2n) is 8.37. The monoisotopic (exact) mass is 526 g/mol. The molecule has 2 aromatic carbocycles. The summed E-state index contributed by atoms with van der Waals surface area (Å²) < 4.78 is 0. The van der Waals surface area contributed by atoms with E-state index in [1.54, 1.807) is 24.0 Å². The summed E-state index contributed by atoms with van der Waals surface area (Å²) in [5.74, 6) is 0.637. The summed E-state index contributed by atoms with van der Waals surface area (Å²) in [6, 6.07) is 12.5. The molecule has 178 valence electrons. The molecule has 1 fully saturated rings. The van der Waals surface area contributed by atoms with Gasteiger partial charge in [-0.3, -0.25) is 9.59 Å². The number of amides is 2. The molecule has 0 radical (unpaired) electrons. The van der Waals surface area contributed by atoms with Crippen LogP contribution >= 0.6 is 46.6 Å². The molecule has 1 atom stereocenters. The molecule has 0 aliphatic heterocycles. The molecule has 0 aromatic heterocycles. The van der Waals surface area contributed by atoms with Crippen molar-refractivity contribution in [1.82, 2.24) is 10.2 Å². The minimum absolute atomic E-state index is 0.107. The zero-order valence-electron chi connectivity index (χ0n) is 18.7. The summed E-state index contributed by atoms with van der Waals surface area (Å²) in [6.45, 7) is 2.06. The van der Waals surface area contributed by atoms with Crippen LogP contribution in [0.3, 0.4) is 0 Å². The van der Waals surface area contributed by atoms with Crippen molar-refractivity contribution in [3.8, 4) is 0 Å². The first-order valence-electron chi connectivity index (χ1n) is 11.2. The fraction of sp³-hybridized carbons (Fsp3) is 0.440. The molecule has 4 nitrogen and oxygen atoms in total. The first-order chi connectivity index (χ1) is 15.8. The predicted octanol–water partition coefficient (Wildman–Crippen LogP) is 6.75. The van der Waals surface area contributed by atoms with Crippen LogP contribution in [0, 0.1) is 0 Å². The molecule has 3 rings (SSSR count).